The molecule has 2 saturated heterocycles. The van der Waals surface area contributed by atoms with Crippen molar-refractivity contribution in [1.29, 1.82) is 5.26 Å². The summed E-state index contributed by atoms with van der Waals surface area (Å²) in [6.07, 6.45) is 0.524. The van der Waals surface area contributed by atoms with Crippen molar-refractivity contribution in [3.05, 3.63) is 23.4 Å². The van der Waals surface area contributed by atoms with Crippen LogP contribution in [0.5, 0.6) is 0 Å². The molecule has 2 amide bonds. The number of hydrogen-bond donors (Lipinski definition) is 2. The van der Waals surface area contributed by atoms with E-state index >= 15 is 0 Å². The first-order valence-electron chi connectivity index (χ1n) is 7.74. The van der Waals surface area contributed by atoms with Crippen molar-refractivity contribution in [1.82, 2.24) is 15.2 Å². The van der Waals surface area contributed by atoms with Crippen LogP contribution in [0.1, 0.15) is 37.4 Å². The van der Waals surface area contributed by atoms with Crippen LogP contribution in [0.25, 0.3) is 0 Å². The Morgan fingerprint density at radius 2 is 2.22 bits per heavy atom. The van der Waals surface area contributed by atoms with Gasteiger partial charge in [-0.15, -0.1) is 0 Å². The molecular formula is C16H19N5O2. The lowest BCUT2D eigenvalue weighted by atomic mass is 10.1. The van der Waals surface area contributed by atoms with Gasteiger partial charge in [-0.3, -0.25) is 9.59 Å². The molecule has 7 nitrogen and oxygen atoms in total. The number of nitrogens with zero attached hydrogens (tertiary/aromatic N) is 3. The molecule has 0 aromatic carbocycles. The monoisotopic (exact) mass is 313 g/mol. The molecule has 1 aromatic heterocycles. The Kier molecular flexibility index (Phi) is 3.90. The highest BCUT2D eigenvalue weighted by Crippen LogP contribution is 2.25. The standard InChI is InChI=1S/C16H19N5O2/c1-9(2)12-4-3-10(6-17)15(20-12)19-11-5-13-16(23)18-7-14(22)21(13)8-11/h3-4,9,11,13H,5,7-8H2,1-2H3,(H,18,23)(H,19,20)/t11-,13-/m0/s1. The van der Waals surface area contributed by atoms with Crippen molar-refractivity contribution in [3.63, 3.8) is 0 Å². The number of pyridine rings is 1. The van der Waals surface area contributed by atoms with Gasteiger partial charge < -0.3 is 15.5 Å². The molecule has 2 atom stereocenters. The van der Waals surface area contributed by atoms with Crippen LogP contribution in [-0.2, 0) is 9.59 Å². The number of anilines is 1. The first-order valence-corrected chi connectivity index (χ1v) is 7.74. The van der Waals surface area contributed by atoms with Crippen molar-refractivity contribution in [2.45, 2.75) is 38.3 Å². The second-order valence-electron chi connectivity index (χ2n) is 6.26. The zero-order chi connectivity index (χ0) is 16.6. The molecule has 1 aromatic rings. The highest BCUT2D eigenvalue weighted by Gasteiger charge is 2.42. The van der Waals surface area contributed by atoms with Crippen LogP contribution in [0.2, 0.25) is 0 Å². The van der Waals surface area contributed by atoms with Crippen molar-refractivity contribution in [2.75, 3.05) is 18.4 Å². The van der Waals surface area contributed by atoms with Crippen molar-refractivity contribution in [2.24, 2.45) is 0 Å². The maximum atomic E-state index is 11.9. The quantitative estimate of drug-likeness (QED) is 0.851. The Labute approximate surface area is 134 Å². The molecule has 0 radical (unpaired) electrons. The van der Waals surface area contributed by atoms with Gasteiger partial charge in [-0.25, -0.2) is 4.98 Å². The van der Waals surface area contributed by atoms with Gasteiger partial charge in [0.2, 0.25) is 11.8 Å². The van der Waals surface area contributed by atoms with Crippen molar-refractivity contribution < 1.29 is 9.59 Å². The Morgan fingerprint density at radius 3 is 2.87 bits per heavy atom. The third-order valence-corrected chi connectivity index (χ3v) is 4.31. The Balaban J connectivity index is 1.80. The molecule has 3 rings (SSSR count). The number of carbonyl (C=O) groups is 2. The number of carbonyl (C=O) groups excluding carboxylic acids is 2. The minimum absolute atomic E-state index is 0.0621. The number of rotatable bonds is 3. The van der Waals surface area contributed by atoms with Crippen LogP contribution in [0.3, 0.4) is 0 Å². The fraction of sp³-hybridized carbons (Fsp3) is 0.500. The first kappa shape index (κ1) is 15.3. The molecule has 0 spiro atoms. The van der Waals surface area contributed by atoms with Gasteiger partial charge in [0.15, 0.2) is 0 Å². The predicted octanol–water partition coefficient (Wildman–Crippen LogP) is 0.588. The van der Waals surface area contributed by atoms with Crippen molar-refractivity contribution >= 4 is 17.6 Å². The van der Waals surface area contributed by atoms with Gasteiger partial charge in [0.1, 0.15) is 17.9 Å². The smallest absolute Gasteiger partial charge is 0.243 e. The van der Waals surface area contributed by atoms with E-state index in [9.17, 15) is 14.9 Å². The summed E-state index contributed by atoms with van der Waals surface area (Å²) in [6, 6.07) is 5.22. The molecule has 7 heteroatoms. The van der Waals surface area contributed by atoms with Crippen LogP contribution >= 0.6 is 0 Å². The van der Waals surface area contributed by atoms with Crippen molar-refractivity contribution in [3.8, 4) is 6.07 Å². The zero-order valence-electron chi connectivity index (χ0n) is 13.2. The van der Waals surface area contributed by atoms with Crippen LogP contribution in [0, 0.1) is 11.3 Å². The lowest BCUT2D eigenvalue weighted by Gasteiger charge is -2.28. The number of aromatic nitrogens is 1. The molecule has 23 heavy (non-hydrogen) atoms. The van der Waals surface area contributed by atoms with Crippen LogP contribution in [-0.4, -0.2) is 46.9 Å². The van der Waals surface area contributed by atoms with Gasteiger partial charge in [0.25, 0.3) is 0 Å². The summed E-state index contributed by atoms with van der Waals surface area (Å²) in [6.45, 7) is 4.59. The zero-order valence-corrected chi connectivity index (χ0v) is 13.2. The lowest BCUT2D eigenvalue weighted by Crippen LogP contribution is -2.55. The number of nitriles is 1. The van der Waals surface area contributed by atoms with Gasteiger partial charge in [-0.05, 0) is 24.5 Å². The summed E-state index contributed by atoms with van der Waals surface area (Å²) in [5, 5.41) is 15.1. The van der Waals surface area contributed by atoms with Gasteiger partial charge in [-0.1, -0.05) is 13.8 Å². The van der Waals surface area contributed by atoms with Crippen LogP contribution in [0.15, 0.2) is 12.1 Å². The number of amides is 2. The van der Waals surface area contributed by atoms with E-state index in [1.54, 1.807) is 11.0 Å². The summed E-state index contributed by atoms with van der Waals surface area (Å²) in [5.74, 6) is 0.601. The lowest BCUT2D eigenvalue weighted by molar-refractivity contribution is -0.143. The topological polar surface area (TPSA) is 98.1 Å². The molecule has 2 aliphatic rings. The number of piperazine rings is 1. The van der Waals surface area contributed by atoms with E-state index in [1.807, 2.05) is 19.9 Å². The largest absolute Gasteiger partial charge is 0.364 e. The molecule has 2 fully saturated rings. The van der Waals surface area contributed by atoms with E-state index in [4.69, 9.17) is 0 Å². The van der Waals surface area contributed by atoms with Crippen LogP contribution in [0.4, 0.5) is 5.82 Å². The second kappa shape index (κ2) is 5.88. The minimum atomic E-state index is -0.424. The number of hydrogen-bond acceptors (Lipinski definition) is 5. The number of fused-ring (bicyclic) bond motifs is 1. The third-order valence-electron chi connectivity index (χ3n) is 4.31. The van der Waals surface area contributed by atoms with Gasteiger partial charge >= 0.3 is 0 Å². The summed E-state index contributed by atoms with van der Waals surface area (Å²) < 4.78 is 0. The van der Waals surface area contributed by atoms with E-state index in [1.165, 1.54) is 0 Å². The van der Waals surface area contributed by atoms with Gasteiger partial charge in [-0.2, -0.15) is 5.26 Å². The van der Waals surface area contributed by atoms with Gasteiger partial charge in [0, 0.05) is 18.3 Å². The average molecular weight is 313 g/mol. The maximum absolute atomic E-state index is 11.9. The Hall–Kier alpha value is -2.62. The third kappa shape index (κ3) is 2.84. The second-order valence-corrected chi connectivity index (χ2v) is 6.26. The van der Waals surface area contributed by atoms with E-state index in [-0.39, 0.29) is 30.3 Å². The summed E-state index contributed by atoms with van der Waals surface area (Å²) in [5.41, 5.74) is 1.37. The number of nitrogens with one attached hydrogen (secondary N) is 2. The molecule has 120 valence electrons. The van der Waals surface area contributed by atoms with Crippen LogP contribution < -0.4 is 10.6 Å². The molecule has 0 bridgehead atoms. The fourth-order valence-corrected chi connectivity index (χ4v) is 3.04. The first-order chi connectivity index (χ1) is 11.0. The normalized spacial score (nSPS) is 23.5. The predicted molar refractivity (Wildman–Crippen MR) is 83.6 cm³/mol. The fourth-order valence-electron chi connectivity index (χ4n) is 3.04. The Morgan fingerprint density at radius 1 is 1.43 bits per heavy atom. The van der Waals surface area contributed by atoms with E-state index in [2.05, 4.69) is 21.7 Å². The van der Waals surface area contributed by atoms with E-state index in [0.29, 0.717) is 24.3 Å². The summed E-state index contributed by atoms with van der Waals surface area (Å²) in [4.78, 5) is 29.9. The maximum Gasteiger partial charge on any atom is 0.243 e. The minimum Gasteiger partial charge on any atom is -0.364 e. The molecule has 0 unspecified atom stereocenters. The molecule has 0 saturated carbocycles. The average Bonchev–Trinajstić information content (AvgIpc) is 2.96. The molecule has 2 aliphatic heterocycles. The molecule has 2 N–H and O–H groups in total. The molecular weight excluding hydrogens is 294 g/mol. The SMILES string of the molecule is CC(C)c1ccc(C#N)c(N[C@H]2C[C@H]3C(=O)NCC(=O)N3C2)n1. The van der Waals surface area contributed by atoms with E-state index < -0.39 is 6.04 Å². The van der Waals surface area contributed by atoms with E-state index in [0.717, 1.165) is 5.69 Å². The van der Waals surface area contributed by atoms with Gasteiger partial charge in [0.05, 0.1) is 12.1 Å². The molecule has 3 heterocycles. The Bertz CT molecular complexity index is 670. The summed E-state index contributed by atoms with van der Waals surface area (Å²) in [7, 11) is 0. The highest BCUT2D eigenvalue weighted by atomic mass is 16.2. The molecule has 0 aliphatic carbocycles. The summed E-state index contributed by atoms with van der Waals surface area (Å²) >= 11 is 0. The highest BCUT2D eigenvalue weighted by molar-refractivity contribution is 5.95.